The van der Waals surface area contributed by atoms with E-state index >= 15 is 0 Å². The number of halogens is 3. The topological polar surface area (TPSA) is 12.0 Å². The molecule has 0 bridgehead atoms. The second-order valence-electron chi connectivity index (χ2n) is 5.64. The Labute approximate surface area is 134 Å². The molecule has 1 saturated carbocycles. The van der Waals surface area contributed by atoms with Crippen molar-refractivity contribution in [1.29, 1.82) is 0 Å². The zero-order valence-corrected chi connectivity index (χ0v) is 14.2. The minimum absolute atomic E-state index is 0.0544. The Morgan fingerprint density at radius 3 is 2.40 bits per heavy atom. The average molecular weight is 363 g/mol. The smallest absolute Gasteiger partial charge is 0.147 e. The highest BCUT2D eigenvalue weighted by Crippen LogP contribution is 2.37. The summed E-state index contributed by atoms with van der Waals surface area (Å²) in [5.74, 6) is 0.203. The first-order valence-corrected chi connectivity index (χ1v) is 8.63. The maximum Gasteiger partial charge on any atom is 0.147 e. The standard InChI is InChI=1S/C16H22BrClFN/c1-20-16(11-7-5-3-2-4-6-8-11)12-9-10-13(17)14(18)15(12)19/h9-11,16,20H,2-8H2,1H3. The van der Waals surface area contributed by atoms with Gasteiger partial charge in [0.15, 0.2) is 0 Å². The monoisotopic (exact) mass is 361 g/mol. The van der Waals surface area contributed by atoms with Gasteiger partial charge in [-0.15, -0.1) is 0 Å². The molecule has 0 amide bonds. The molecule has 0 aliphatic heterocycles. The number of benzene rings is 1. The van der Waals surface area contributed by atoms with Gasteiger partial charge in [-0.25, -0.2) is 4.39 Å². The lowest BCUT2D eigenvalue weighted by molar-refractivity contribution is 0.294. The predicted octanol–water partition coefficient (Wildman–Crippen LogP) is 5.86. The van der Waals surface area contributed by atoms with Crippen LogP contribution in [-0.4, -0.2) is 7.05 Å². The first-order chi connectivity index (χ1) is 9.65. The van der Waals surface area contributed by atoms with Gasteiger partial charge in [0, 0.05) is 16.1 Å². The molecule has 1 aliphatic carbocycles. The Morgan fingerprint density at radius 1 is 1.20 bits per heavy atom. The number of hydrogen-bond acceptors (Lipinski definition) is 1. The first-order valence-electron chi connectivity index (χ1n) is 7.45. The third-order valence-corrected chi connectivity index (χ3v) is 5.59. The molecule has 0 radical (unpaired) electrons. The van der Waals surface area contributed by atoms with Gasteiger partial charge < -0.3 is 5.32 Å². The zero-order chi connectivity index (χ0) is 14.5. The SMILES string of the molecule is CNC(c1ccc(Br)c(Cl)c1F)C1CCCCCCC1. The van der Waals surface area contributed by atoms with Crippen molar-refractivity contribution in [3.05, 3.63) is 33.0 Å². The van der Waals surface area contributed by atoms with Crippen LogP contribution >= 0.6 is 27.5 Å². The molecule has 4 heteroatoms. The fourth-order valence-electron chi connectivity index (χ4n) is 3.25. The van der Waals surface area contributed by atoms with E-state index in [0.29, 0.717) is 16.0 Å². The summed E-state index contributed by atoms with van der Waals surface area (Å²) in [5.41, 5.74) is 0.700. The van der Waals surface area contributed by atoms with E-state index < -0.39 is 0 Å². The zero-order valence-electron chi connectivity index (χ0n) is 11.9. The van der Waals surface area contributed by atoms with E-state index in [1.54, 1.807) is 0 Å². The Balaban J connectivity index is 2.24. The summed E-state index contributed by atoms with van der Waals surface area (Å²) in [6, 6.07) is 3.75. The molecule has 1 unspecified atom stereocenters. The van der Waals surface area contributed by atoms with Crippen molar-refractivity contribution in [2.24, 2.45) is 5.92 Å². The number of nitrogens with one attached hydrogen (secondary N) is 1. The summed E-state index contributed by atoms with van der Waals surface area (Å²) >= 11 is 9.31. The molecule has 1 nitrogen and oxygen atoms in total. The fraction of sp³-hybridized carbons (Fsp3) is 0.625. The molecular weight excluding hydrogens is 341 g/mol. The number of hydrogen-bond donors (Lipinski definition) is 1. The second-order valence-corrected chi connectivity index (χ2v) is 6.87. The molecule has 1 aromatic carbocycles. The first kappa shape index (κ1) is 16.3. The fourth-order valence-corrected chi connectivity index (χ4v) is 3.73. The Morgan fingerprint density at radius 2 is 1.80 bits per heavy atom. The lowest BCUT2D eigenvalue weighted by Gasteiger charge is -2.29. The van der Waals surface area contributed by atoms with Crippen molar-refractivity contribution in [3.63, 3.8) is 0 Å². The molecule has 0 aromatic heterocycles. The molecule has 1 aromatic rings. The van der Waals surface area contributed by atoms with Crippen LogP contribution in [-0.2, 0) is 0 Å². The summed E-state index contributed by atoms with van der Waals surface area (Å²) in [6.45, 7) is 0. The minimum atomic E-state index is -0.289. The third kappa shape index (κ3) is 3.75. The van der Waals surface area contributed by atoms with Gasteiger partial charge in [0.1, 0.15) is 5.82 Å². The highest BCUT2D eigenvalue weighted by atomic mass is 79.9. The summed E-state index contributed by atoms with van der Waals surface area (Å²) in [5, 5.41) is 3.50. The largest absolute Gasteiger partial charge is 0.313 e. The molecule has 2 rings (SSSR count). The molecule has 20 heavy (non-hydrogen) atoms. The van der Waals surface area contributed by atoms with Crippen LogP contribution < -0.4 is 5.32 Å². The van der Waals surface area contributed by atoms with Crippen molar-refractivity contribution in [2.75, 3.05) is 7.05 Å². The summed E-state index contributed by atoms with van der Waals surface area (Å²) < 4.78 is 15.1. The van der Waals surface area contributed by atoms with Gasteiger partial charge >= 0.3 is 0 Å². The summed E-state index contributed by atoms with van der Waals surface area (Å²) in [6.07, 6.45) is 8.77. The van der Waals surface area contributed by atoms with Crippen LogP contribution in [0.15, 0.2) is 16.6 Å². The lowest BCUT2D eigenvalue weighted by Crippen LogP contribution is -2.27. The highest BCUT2D eigenvalue weighted by molar-refractivity contribution is 9.10. The summed E-state index contributed by atoms with van der Waals surface area (Å²) in [7, 11) is 1.92. The third-order valence-electron chi connectivity index (χ3n) is 4.33. The van der Waals surface area contributed by atoms with E-state index in [0.717, 1.165) is 0 Å². The minimum Gasteiger partial charge on any atom is -0.313 e. The van der Waals surface area contributed by atoms with Crippen molar-refractivity contribution in [1.82, 2.24) is 5.32 Å². The van der Waals surface area contributed by atoms with Gasteiger partial charge in [0.25, 0.3) is 0 Å². The Kier molecular flexibility index (Phi) is 6.31. The maximum atomic E-state index is 14.4. The molecular formula is C16H22BrClFN. The van der Waals surface area contributed by atoms with Crippen molar-refractivity contribution < 1.29 is 4.39 Å². The quantitative estimate of drug-likeness (QED) is 0.664. The van der Waals surface area contributed by atoms with Crippen LogP contribution in [0.25, 0.3) is 0 Å². The van der Waals surface area contributed by atoms with E-state index in [1.165, 1.54) is 44.9 Å². The van der Waals surface area contributed by atoms with E-state index in [9.17, 15) is 4.39 Å². The van der Waals surface area contributed by atoms with Gasteiger partial charge in [-0.3, -0.25) is 0 Å². The van der Waals surface area contributed by atoms with Gasteiger partial charge in [0.2, 0.25) is 0 Å². The lowest BCUT2D eigenvalue weighted by atomic mass is 9.83. The molecule has 1 N–H and O–H groups in total. The van der Waals surface area contributed by atoms with Crippen LogP contribution in [0, 0.1) is 11.7 Å². The molecule has 0 spiro atoms. The van der Waals surface area contributed by atoms with Gasteiger partial charge in [0.05, 0.1) is 5.02 Å². The van der Waals surface area contributed by atoms with E-state index in [-0.39, 0.29) is 16.9 Å². The van der Waals surface area contributed by atoms with Crippen LogP contribution in [0.1, 0.15) is 56.6 Å². The molecule has 1 fully saturated rings. The van der Waals surface area contributed by atoms with Crippen LogP contribution in [0.2, 0.25) is 5.02 Å². The Hall–Kier alpha value is -0.120. The molecule has 1 atom stereocenters. The maximum absolute atomic E-state index is 14.4. The highest BCUT2D eigenvalue weighted by Gasteiger charge is 2.26. The van der Waals surface area contributed by atoms with Crippen LogP contribution in [0.5, 0.6) is 0 Å². The van der Waals surface area contributed by atoms with Crippen LogP contribution in [0.3, 0.4) is 0 Å². The van der Waals surface area contributed by atoms with Crippen molar-refractivity contribution in [3.8, 4) is 0 Å². The normalized spacial score (nSPS) is 19.4. The predicted molar refractivity (Wildman–Crippen MR) is 86.7 cm³/mol. The molecule has 1 aliphatic rings. The van der Waals surface area contributed by atoms with E-state index in [1.807, 2.05) is 19.2 Å². The van der Waals surface area contributed by atoms with E-state index in [4.69, 9.17) is 11.6 Å². The molecule has 0 saturated heterocycles. The summed E-state index contributed by atoms with van der Waals surface area (Å²) in [4.78, 5) is 0. The average Bonchev–Trinajstić information content (AvgIpc) is 2.41. The van der Waals surface area contributed by atoms with Gasteiger partial charge in [-0.2, -0.15) is 0 Å². The van der Waals surface area contributed by atoms with Crippen LogP contribution in [0.4, 0.5) is 4.39 Å². The van der Waals surface area contributed by atoms with Gasteiger partial charge in [-0.05, 0) is 47.8 Å². The van der Waals surface area contributed by atoms with Crippen molar-refractivity contribution >= 4 is 27.5 Å². The molecule has 0 heterocycles. The van der Waals surface area contributed by atoms with Crippen molar-refractivity contribution in [2.45, 2.75) is 51.0 Å². The van der Waals surface area contributed by atoms with Gasteiger partial charge in [-0.1, -0.05) is 49.8 Å². The van der Waals surface area contributed by atoms with E-state index in [2.05, 4.69) is 21.2 Å². The molecule has 112 valence electrons. The number of rotatable bonds is 3. The second kappa shape index (κ2) is 7.77. The Bertz CT molecular complexity index is 444.